The molecule has 0 fully saturated rings. The minimum absolute atomic E-state index is 0.00203. The van der Waals surface area contributed by atoms with Crippen LogP contribution in [-0.4, -0.2) is 19.0 Å². The molecule has 1 unspecified atom stereocenters. The maximum absolute atomic E-state index is 7.43. The highest BCUT2D eigenvalue weighted by atomic mass is 16.5. The van der Waals surface area contributed by atoms with Crippen LogP contribution in [0.1, 0.15) is 18.1 Å². The summed E-state index contributed by atoms with van der Waals surface area (Å²) in [6, 6.07) is 3.75. The zero-order chi connectivity index (χ0) is 11.0. The van der Waals surface area contributed by atoms with E-state index in [4.69, 9.17) is 20.6 Å². The highest BCUT2D eigenvalue weighted by molar-refractivity contribution is 5.98. The van der Waals surface area contributed by atoms with E-state index >= 15 is 0 Å². The van der Waals surface area contributed by atoms with E-state index in [1.54, 1.807) is 13.2 Å². The van der Waals surface area contributed by atoms with E-state index in [-0.39, 0.29) is 11.9 Å². The van der Waals surface area contributed by atoms with Gasteiger partial charge in [-0.3, -0.25) is 5.41 Å². The van der Waals surface area contributed by atoms with Crippen molar-refractivity contribution in [1.82, 2.24) is 0 Å². The highest BCUT2D eigenvalue weighted by Crippen LogP contribution is 2.40. The van der Waals surface area contributed by atoms with Crippen molar-refractivity contribution in [3.63, 3.8) is 0 Å². The summed E-state index contributed by atoms with van der Waals surface area (Å²) in [5.74, 6) is 1.31. The van der Waals surface area contributed by atoms with Gasteiger partial charge in [0.1, 0.15) is 11.9 Å². The molecule has 1 atom stereocenters. The lowest BCUT2D eigenvalue weighted by Gasteiger charge is -2.11. The Balaban J connectivity index is 2.56. The highest BCUT2D eigenvalue weighted by Gasteiger charge is 2.25. The van der Waals surface area contributed by atoms with Crippen molar-refractivity contribution in [1.29, 1.82) is 5.41 Å². The summed E-state index contributed by atoms with van der Waals surface area (Å²) in [5.41, 5.74) is 7.17. The number of hydrogen-bond acceptors (Lipinski definition) is 3. The van der Waals surface area contributed by atoms with Gasteiger partial charge in [0.25, 0.3) is 0 Å². The summed E-state index contributed by atoms with van der Waals surface area (Å²) in [6.07, 6.45) is 1.04. The molecule has 1 aliphatic rings. The molecular weight excluding hydrogens is 192 g/mol. The number of nitrogen functional groups attached to an aromatic ring is 1. The Hall–Kier alpha value is -1.71. The van der Waals surface area contributed by atoms with Crippen molar-refractivity contribution < 1.29 is 9.47 Å². The number of fused-ring (bicyclic) bond motifs is 1. The normalized spacial score (nSPS) is 18.1. The molecule has 0 amide bonds. The van der Waals surface area contributed by atoms with Crippen molar-refractivity contribution >= 4 is 5.84 Å². The first-order valence-corrected chi connectivity index (χ1v) is 4.84. The van der Waals surface area contributed by atoms with E-state index in [1.807, 2.05) is 13.0 Å². The number of nitrogens with one attached hydrogen (secondary N) is 1. The van der Waals surface area contributed by atoms with Crippen LogP contribution in [0.3, 0.4) is 0 Å². The number of amidine groups is 1. The lowest BCUT2D eigenvalue weighted by Crippen LogP contribution is -2.13. The van der Waals surface area contributed by atoms with E-state index in [9.17, 15) is 0 Å². The molecule has 1 aromatic rings. The fourth-order valence-corrected chi connectivity index (χ4v) is 1.86. The average Bonchev–Trinajstić information content (AvgIpc) is 2.55. The van der Waals surface area contributed by atoms with Crippen LogP contribution >= 0.6 is 0 Å². The fraction of sp³-hybridized carbons (Fsp3) is 0.364. The zero-order valence-corrected chi connectivity index (χ0v) is 8.83. The van der Waals surface area contributed by atoms with Gasteiger partial charge >= 0.3 is 0 Å². The number of rotatable bonds is 2. The number of benzene rings is 1. The van der Waals surface area contributed by atoms with E-state index in [0.29, 0.717) is 11.3 Å². The molecule has 15 heavy (non-hydrogen) atoms. The van der Waals surface area contributed by atoms with Gasteiger partial charge in [-0.1, -0.05) is 6.07 Å². The Morgan fingerprint density at radius 3 is 2.93 bits per heavy atom. The van der Waals surface area contributed by atoms with E-state index < -0.39 is 0 Å². The number of nitrogens with two attached hydrogens (primary N) is 1. The van der Waals surface area contributed by atoms with Gasteiger partial charge in [0.2, 0.25) is 0 Å². The van der Waals surface area contributed by atoms with Gasteiger partial charge in [-0.05, 0) is 13.0 Å². The second kappa shape index (κ2) is 3.46. The van der Waals surface area contributed by atoms with Crippen molar-refractivity contribution in [3.05, 3.63) is 23.3 Å². The Morgan fingerprint density at radius 1 is 1.60 bits per heavy atom. The van der Waals surface area contributed by atoms with E-state index in [1.165, 1.54) is 0 Å². The minimum atomic E-state index is -0.00203. The maximum atomic E-state index is 7.43. The summed E-state index contributed by atoms with van der Waals surface area (Å²) in [6.45, 7) is 2.01. The third-order valence-electron chi connectivity index (χ3n) is 2.51. The van der Waals surface area contributed by atoms with Gasteiger partial charge in [-0.2, -0.15) is 0 Å². The Bertz CT molecular complexity index is 415. The summed E-state index contributed by atoms with van der Waals surface area (Å²) < 4.78 is 10.9. The van der Waals surface area contributed by atoms with Crippen molar-refractivity contribution in [2.75, 3.05) is 7.11 Å². The molecule has 2 rings (SSSR count). The topological polar surface area (TPSA) is 68.3 Å². The Labute approximate surface area is 88.5 Å². The second-order valence-corrected chi connectivity index (χ2v) is 3.68. The van der Waals surface area contributed by atoms with Crippen LogP contribution in [0.5, 0.6) is 11.5 Å². The van der Waals surface area contributed by atoms with Crippen LogP contribution in [-0.2, 0) is 6.42 Å². The number of methoxy groups -OCH3 is 1. The molecule has 0 aromatic heterocycles. The van der Waals surface area contributed by atoms with Gasteiger partial charge in [0.15, 0.2) is 11.5 Å². The molecule has 1 aromatic carbocycles. The molecule has 0 aliphatic carbocycles. The molecule has 4 heteroatoms. The number of ether oxygens (including phenoxy) is 2. The molecule has 1 aliphatic heterocycles. The fourth-order valence-electron chi connectivity index (χ4n) is 1.86. The molecule has 0 saturated carbocycles. The molecule has 3 N–H and O–H groups in total. The predicted molar refractivity (Wildman–Crippen MR) is 57.8 cm³/mol. The molecule has 0 spiro atoms. The number of hydrogen-bond donors (Lipinski definition) is 2. The van der Waals surface area contributed by atoms with Gasteiger partial charge < -0.3 is 15.2 Å². The predicted octanol–water partition coefficient (Wildman–Crippen LogP) is 1.30. The Morgan fingerprint density at radius 2 is 2.33 bits per heavy atom. The summed E-state index contributed by atoms with van der Waals surface area (Å²) in [7, 11) is 1.56. The first-order valence-electron chi connectivity index (χ1n) is 4.84. The molecule has 0 radical (unpaired) electrons. The van der Waals surface area contributed by atoms with Crippen molar-refractivity contribution in [3.8, 4) is 11.5 Å². The SMILES string of the molecule is COc1c(C(=N)N)ccc2c1OC(C)C2. The molecule has 0 saturated heterocycles. The molecule has 4 nitrogen and oxygen atoms in total. The van der Waals surface area contributed by atoms with Crippen LogP contribution in [0, 0.1) is 5.41 Å². The van der Waals surface area contributed by atoms with Gasteiger partial charge in [-0.15, -0.1) is 0 Å². The summed E-state index contributed by atoms with van der Waals surface area (Å²) in [5, 5.41) is 7.43. The van der Waals surface area contributed by atoms with E-state index in [0.717, 1.165) is 17.7 Å². The quantitative estimate of drug-likeness (QED) is 0.566. The second-order valence-electron chi connectivity index (χ2n) is 3.68. The zero-order valence-electron chi connectivity index (χ0n) is 8.83. The summed E-state index contributed by atoms with van der Waals surface area (Å²) >= 11 is 0. The first kappa shape index (κ1) is 9.83. The lowest BCUT2D eigenvalue weighted by molar-refractivity contribution is 0.243. The van der Waals surface area contributed by atoms with Crippen LogP contribution in [0.4, 0.5) is 0 Å². The summed E-state index contributed by atoms with van der Waals surface area (Å²) in [4.78, 5) is 0. The maximum Gasteiger partial charge on any atom is 0.171 e. The van der Waals surface area contributed by atoms with Gasteiger partial charge in [0.05, 0.1) is 12.7 Å². The molecular formula is C11H14N2O2. The lowest BCUT2D eigenvalue weighted by atomic mass is 10.1. The van der Waals surface area contributed by atoms with Gasteiger partial charge in [-0.25, -0.2) is 0 Å². The van der Waals surface area contributed by atoms with Crippen molar-refractivity contribution in [2.24, 2.45) is 5.73 Å². The average molecular weight is 206 g/mol. The van der Waals surface area contributed by atoms with Crippen LogP contribution < -0.4 is 15.2 Å². The monoisotopic (exact) mass is 206 g/mol. The van der Waals surface area contributed by atoms with Crippen LogP contribution in [0.25, 0.3) is 0 Å². The van der Waals surface area contributed by atoms with Crippen molar-refractivity contribution in [2.45, 2.75) is 19.4 Å². The third kappa shape index (κ3) is 1.52. The third-order valence-corrected chi connectivity index (χ3v) is 2.51. The van der Waals surface area contributed by atoms with Gasteiger partial charge in [0, 0.05) is 12.0 Å². The molecule has 1 heterocycles. The first-order chi connectivity index (χ1) is 7.13. The van der Waals surface area contributed by atoms with Crippen LogP contribution in [0.2, 0.25) is 0 Å². The largest absolute Gasteiger partial charge is 0.492 e. The molecule has 0 bridgehead atoms. The molecule has 80 valence electrons. The van der Waals surface area contributed by atoms with E-state index in [2.05, 4.69) is 0 Å². The van der Waals surface area contributed by atoms with Crippen LogP contribution in [0.15, 0.2) is 12.1 Å². The smallest absolute Gasteiger partial charge is 0.171 e. The minimum Gasteiger partial charge on any atom is -0.492 e. The Kier molecular flexibility index (Phi) is 2.26. The standard InChI is InChI=1S/C11H14N2O2/c1-6-5-7-3-4-8(11(12)13)10(14-2)9(7)15-6/h3-4,6H,5H2,1-2H3,(H3,12,13).